The summed E-state index contributed by atoms with van der Waals surface area (Å²) in [6.45, 7) is 15.6. The first-order chi connectivity index (χ1) is 12.1. The van der Waals surface area contributed by atoms with Crippen LogP contribution in [0.25, 0.3) is 10.9 Å². The molecule has 1 saturated heterocycles. The largest absolute Gasteiger partial charge is 0.358 e. The van der Waals surface area contributed by atoms with Gasteiger partial charge in [0.05, 0.1) is 23.7 Å². The van der Waals surface area contributed by atoms with Gasteiger partial charge in [0.25, 0.3) is 0 Å². The fourth-order valence-electron chi connectivity index (χ4n) is 6.36. The molecule has 0 radical (unpaired) electrons. The molecule has 1 saturated carbocycles. The van der Waals surface area contributed by atoms with Gasteiger partial charge in [0, 0.05) is 29.3 Å². The summed E-state index contributed by atoms with van der Waals surface area (Å²) < 4.78 is 0. The van der Waals surface area contributed by atoms with Crippen LogP contribution in [0.2, 0.25) is 0 Å². The van der Waals surface area contributed by atoms with Gasteiger partial charge in [0.15, 0.2) is 5.43 Å². The first kappa shape index (κ1) is 17.8. The third kappa shape index (κ3) is 2.90. The van der Waals surface area contributed by atoms with E-state index in [1.165, 1.54) is 31.4 Å². The van der Waals surface area contributed by atoms with Crippen molar-refractivity contribution in [1.82, 2.24) is 4.98 Å². The Balaban J connectivity index is 1.74. The molecule has 2 bridgehead atoms. The predicted octanol–water partition coefficient (Wildman–Crippen LogP) is 3.44. The molecule has 2 aliphatic rings. The number of hydrogen-bond donors (Lipinski definition) is 2. The second-order valence-corrected chi connectivity index (χ2v) is 10.3. The van der Waals surface area contributed by atoms with Crippen LogP contribution in [-0.2, 0) is 6.54 Å². The highest BCUT2D eigenvalue weighted by molar-refractivity contribution is 5.83. The summed E-state index contributed by atoms with van der Waals surface area (Å²) in [5.74, 6) is 0. The molecule has 3 heteroatoms. The zero-order valence-electron chi connectivity index (χ0n) is 17.2. The maximum Gasteiger partial charge on any atom is 0.198 e. The first-order valence-corrected chi connectivity index (χ1v) is 10.0. The highest BCUT2D eigenvalue weighted by Crippen LogP contribution is 2.47. The van der Waals surface area contributed by atoms with Crippen molar-refractivity contribution in [1.29, 1.82) is 0 Å². The number of nitrogens with one attached hydrogen (secondary N) is 2. The Kier molecular flexibility index (Phi) is 3.89. The third-order valence-corrected chi connectivity index (χ3v) is 6.83. The number of hydrogen-bond acceptors (Lipinski definition) is 1. The van der Waals surface area contributed by atoms with E-state index in [1.54, 1.807) is 4.90 Å². The number of aryl methyl sites for hydroxylation is 3. The van der Waals surface area contributed by atoms with Crippen LogP contribution in [0.1, 0.15) is 62.4 Å². The Labute approximate surface area is 156 Å². The lowest BCUT2D eigenvalue weighted by Crippen LogP contribution is -3.12. The van der Waals surface area contributed by atoms with Crippen LogP contribution >= 0.6 is 0 Å². The lowest BCUT2D eigenvalue weighted by Gasteiger charge is -2.37. The second kappa shape index (κ2) is 5.69. The van der Waals surface area contributed by atoms with Crippen molar-refractivity contribution in [3.05, 3.63) is 44.7 Å². The number of aromatic amines is 1. The molecule has 0 spiro atoms. The van der Waals surface area contributed by atoms with E-state index in [0.29, 0.717) is 16.9 Å². The first-order valence-electron chi connectivity index (χ1n) is 10.0. The van der Waals surface area contributed by atoms with Crippen LogP contribution < -0.4 is 10.3 Å². The van der Waals surface area contributed by atoms with Crippen molar-refractivity contribution in [2.24, 2.45) is 10.8 Å². The molecule has 3 atom stereocenters. The Morgan fingerprint density at radius 2 is 1.88 bits per heavy atom. The summed E-state index contributed by atoms with van der Waals surface area (Å²) in [4.78, 5) is 18.5. The molecule has 2 fully saturated rings. The SMILES string of the molecule is Cc1cc(C)c2c(=O)c(C[NH+]3CC4(C)CC3CC(C)(C)C4)c(C)[nH]c2c1. The molecule has 2 heterocycles. The summed E-state index contributed by atoms with van der Waals surface area (Å²) in [6, 6.07) is 4.91. The summed E-state index contributed by atoms with van der Waals surface area (Å²) in [5.41, 5.74) is 6.42. The molecule has 1 aromatic heterocycles. The number of rotatable bonds is 2. The number of quaternary nitrogens is 1. The lowest BCUT2D eigenvalue weighted by molar-refractivity contribution is -0.928. The van der Waals surface area contributed by atoms with Crippen molar-refractivity contribution < 1.29 is 4.90 Å². The average Bonchev–Trinajstić information content (AvgIpc) is 2.70. The minimum atomic E-state index is 0.243. The second-order valence-electron chi connectivity index (χ2n) is 10.3. The predicted molar refractivity (Wildman–Crippen MR) is 108 cm³/mol. The van der Waals surface area contributed by atoms with Gasteiger partial charge in [-0.15, -0.1) is 0 Å². The molecule has 2 aromatic rings. The van der Waals surface area contributed by atoms with Crippen LogP contribution in [0.5, 0.6) is 0 Å². The Hall–Kier alpha value is -1.61. The summed E-state index contributed by atoms with van der Waals surface area (Å²) >= 11 is 0. The molecule has 140 valence electrons. The van der Waals surface area contributed by atoms with E-state index in [1.807, 2.05) is 0 Å². The molecule has 1 aliphatic heterocycles. The average molecular weight is 354 g/mol. The van der Waals surface area contributed by atoms with Gasteiger partial charge in [0.1, 0.15) is 6.54 Å². The van der Waals surface area contributed by atoms with Crippen molar-refractivity contribution in [3.8, 4) is 0 Å². The van der Waals surface area contributed by atoms with Gasteiger partial charge in [-0.25, -0.2) is 0 Å². The molecular formula is C23H33N2O+. The zero-order valence-corrected chi connectivity index (χ0v) is 17.2. The Morgan fingerprint density at radius 1 is 1.15 bits per heavy atom. The molecule has 1 aliphatic carbocycles. The summed E-state index contributed by atoms with van der Waals surface area (Å²) in [6.07, 6.45) is 3.90. The number of benzene rings is 1. The molecule has 2 N–H and O–H groups in total. The van der Waals surface area contributed by atoms with Crippen LogP contribution in [0.15, 0.2) is 16.9 Å². The standard InChI is InChI=1S/C23H32N2O/c1-14-7-15(2)20-19(8-14)24-16(3)18(21(20)26)11-25-13-23(6)10-17(25)9-22(4,5)12-23/h7-8,17H,9-13H2,1-6H3,(H,24,26)/p+1. The van der Waals surface area contributed by atoms with Gasteiger partial charge < -0.3 is 9.88 Å². The van der Waals surface area contributed by atoms with Crippen molar-refractivity contribution in [2.45, 2.75) is 73.4 Å². The van der Waals surface area contributed by atoms with Crippen molar-refractivity contribution in [3.63, 3.8) is 0 Å². The number of pyridine rings is 1. The molecule has 0 amide bonds. The van der Waals surface area contributed by atoms with E-state index < -0.39 is 0 Å². The van der Waals surface area contributed by atoms with Gasteiger partial charge >= 0.3 is 0 Å². The van der Waals surface area contributed by atoms with E-state index in [0.717, 1.165) is 34.3 Å². The molecular weight excluding hydrogens is 320 g/mol. The van der Waals surface area contributed by atoms with Gasteiger partial charge in [0.2, 0.25) is 0 Å². The van der Waals surface area contributed by atoms with Crippen LogP contribution in [0, 0.1) is 31.6 Å². The van der Waals surface area contributed by atoms with Crippen LogP contribution in [-0.4, -0.2) is 17.6 Å². The van der Waals surface area contributed by atoms with E-state index in [9.17, 15) is 4.79 Å². The molecule has 3 unspecified atom stereocenters. The highest BCUT2D eigenvalue weighted by atomic mass is 16.1. The maximum absolute atomic E-state index is 13.3. The number of likely N-dealkylation sites (tertiary alicyclic amines) is 1. The van der Waals surface area contributed by atoms with Gasteiger partial charge in [-0.05, 0) is 49.8 Å². The normalized spacial score (nSPS) is 30.1. The monoisotopic (exact) mass is 353 g/mol. The quantitative estimate of drug-likeness (QED) is 0.853. The smallest absolute Gasteiger partial charge is 0.198 e. The van der Waals surface area contributed by atoms with E-state index >= 15 is 0 Å². The zero-order chi connectivity index (χ0) is 18.9. The van der Waals surface area contributed by atoms with Gasteiger partial charge in [-0.2, -0.15) is 0 Å². The number of fused-ring (bicyclic) bond motifs is 3. The molecule has 3 nitrogen and oxygen atoms in total. The summed E-state index contributed by atoms with van der Waals surface area (Å²) in [7, 11) is 0. The Bertz CT molecular complexity index is 939. The number of aromatic nitrogens is 1. The van der Waals surface area contributed by atoms with Gasteiger partial charge in [-0.1, -0.05) is 26.8 Å². The summed E-state index contributed by atoms with van der Waals surface area (Å²) in [5, 5.41) is 0.879. The topological polar surface area (TPSA) is 37.3 Å². The minimum absolute atomic E-state index is 0.243. The van der Waals surface area contributed by atoms with E-state index in [2.05, 4.69) is 58.7 Å². The minimum Gasteiger partial charge on any atom is -0.358 e. The van der Waals surface area contributed by atoms with Crippen LogP contribution in [0.4, 0.5) is 0 Å². The molecule has 26 heavy (non-hydrogen) atoms. The Morgan fingerprint density at radius 3 is 2.62 bits per heavy atom. The third-order valence-electron chi connectivity index (χ3n) is 6.83. The number of H-pyrrole nitrogens is 1. The van der Waals surface area contributed by atoms with Gasteiger partial charge in [-0.3, -0.25) is 4.79 Å². The fraction of sp³-hybridized carbons (Fsp3) is 0.609. The molecule has 1 aromatic carbocycles. The van der Waals surface area contributed by atoms with Crippen LogP contribution in [0.3, 0.4) is 0 Å². The maximum atomic E-state index is 13.3. The fourth-order valence-corrected chi connectivity index (χ4v) is 6.36. The molecule has 4 rings (SSSR count). The van der Waals surface area contributed by atoms with Crippen molar-refractivity contribution >= 4 is 10.9 Å². The lowest BCUT2D eigenvalue weighted by atomic mass is 9.65. The van der Waals surface area contributed by atoms with E-state index in [-0.39, 0.29) is 5.43 Å². The van der Waals surface area contributed by atoms with Crippen molar-refractivity contribution in [2.75, 3.05) is 6.54 Å². The van der Waals surface area contributed by atoms with E-state index in [4.69, 9.17) is 0 Å². The highest BCUT2D eigenvalue weighted by Gasteiger charge is 2.52.